The van der Waals surface area contributed by atoms with E-state index in [9.17, 15) is 18.4 Å². The van der Waals surface area contributed by atoms with Crippen molar-refractivity contribution in [2.45, 2.75) is 19.8 Å². The van der Waals surface area contributed by atoms with Gasteiger partial charge in [-0.25, -0.2) is 10.1 Å². The molecule has 9 heteroatoms. The number of nitriles is 1. The second kappa shape index (κ2) is 7.80. The van der Waals surface area contributed by atoms with Crippen LogP contribution in [-0.4, -0.2) is 22.9 Å². The first-order valence-corrected chi connectivity index (χ1v) is 8.30. The van der Waals surface area contributed by atoms with Crippen molar-refractivity contribution < 1.29 is 28.1 Å². The van der Waals surface area contributed by atoms with E-state index in [-0.39, 0.29) is 12.5 Å². The van der Waals surface area contributed by atoms with E-state index in [1.165, 1.54) is 18.2 Å². The van der Waals surface area contributed by atoms with E-state index in [0.717, 1.165) is 5.56 Å². The van der Waals surface area contributed by atoms with Crippen LogP contribution in [0, 0.1) is 11.3 Å². The summed E-state index contributed by atoms with van der Waals surface area (Å²) in [6.07, 6.45) is -4.79. The number of ether oxygens (including phenoxy) is 1. The number of anilines is 1. The Morgan fingerprint density at radius 3 is 2.46 bits per heavy atom. The van der Waals surface area contributed by atoms with Crippen molar-refractivity contribution in [2.75, 3.05) is 12.0 Å². The van der Waals surface area contributed by atoms with Gasteiger partial charge in [0.15, 0.2) is 6.73 Å². The molecule has 3 aromatic rings. The van der Waals surface area contributed by atoms with Crippen LogP contribution in [0.15, 0.2) is 42.5 Å². The van der Waals surface area contributed by atoms with Crippen LogP contribution >= 0.6 is 0 Å². The number of benzene rings is 2. The zero-order valence-corrected chi connectivity index (χ0v) is 14.7. The third kappa shape index (κ3) is 3.88. The molecule has 0 unspecified atom stereocenters. The minimum absolute atomic E-state index is 0.0833. The summed E-state index contributed by atoms with van der Waals surface area (Å²) in [4.78, 5) is 3.97. The Balaban J connectivity index is 2.12. The number of aryl methyl sites for hydroxylation is 1. The number of hydrogen-bond donors (Lipinski definition) is 2. The fourth-order valence-electron chi connectivity index (χ4n) is 3.13. The number of fused-ring (bicyclic) bond motifs is 1. The standard InChI is InChI=1S/C19H16F3N3O3/c1-2-25-17-9-14(28-19(20,21)22)7-8-15(17)16(10-23)18(25)12-3-5-13(6-4-12)24-11-27-26/h3-9,24,26H,2,11H2,1H3. The van der Waals surface area contributed by atoms with Crippen molar-refractivity contribution in [2.24, 2.45) is 0 Å². The second-order valence-corrected chi connectivity index (χ2v) is 5.83. The van der Waals surface area contributed by atoms with Crippen LogP contribution in [0.2, 0.25) is 0 Å². The quantitative estimate of drug-likeness (QED) is 0.353. The summed E-state index contributed by atoms with van der Waals surface area (Å²) < 4.78 is 43.5. The lowest BCUT2D eigenvalue weighted by atomic mass is 10.1. The molecular formula is C19H16F3N3O3. The molecule has 3 rings (SSSR count). The van der Waals surface area contributed by atoms with Crippen molar-refractivity contribution in [1.29, 1.82) is 5.26 Å². The number of alkyl halides is 3. The third-order valence-electron chi connectivity index (χ3n) is 4.20. The number of nitrogens with one attached hydrogen (secondary N) is 1. The van der Waals surface area contributed by atoms with Gasteiger partial charge in [-0.05, 0) is 36.8 Å². The van der Waals surface area contributed by atoms with Gasteiger partial charge in [0, 0.05) is 23.7 Å². The second-order valence-electron chi connectivity index (χ2n) is 5.83. The predicted octanol–water partition coefficient (Wildman–Crippen LogP) is 4.96. The maximum Gasteiger partial charge on any atom is 0.573 e. The Morgan fingerprint density at radius 1 is 1.18 bits per heavy atom. The van der Waals surface area contributed by atoms with Gasteiger partial charge >= 0.3 is 6.36 Å². The molecule has 2 aromatic carbocycles. The first-order valence-electron chi connectivity index (χ1n) is 8.30. The molecule has 0 bridgehead atoms. The summed E-state index contributed by atoms with van der Waals surface area (Å²) in [5, 5.41) is 21.4. The van der Waals surface area contributed by atoms with Crippen LogP contribution in [0.25, 0.3) is 22.2 Å². The number of halogens is 3. The largest absolute Gasteiger partial charge is 0.573 e. The summed E-state index contributed by atoms with van der Waals surface area (Å²) in [6.45, 7) is 2.21. The van der Waals surface area contributed by atoms with Crippen LogP contribution < -0.4 is 10.1 Å². The average molecular weight is 391 g/mol. The van der Waals surface area contributed by atoms with E-state index >= 15 is 0 Å². The van der Waals surface area contributed by atoms with Crippen molar-refractivity contribution >= 4 is 16.6 Å². The Morgan fingerprint density at radius 2 is 1.89 bits per heavy atom. The summed E-state index contributed by atoms with van der Waals surface area (Å²) in [7, 11) is 0. The lowest BCUT2D eigenvalue weighted by Crippen LogP contribution is -2.17. The molecule has 0 aliphatic heterocycles. The highest BCUT2D eigenvalue weighted by Gasteiger charge is 2.31. The molecule has 0 aliphatic rings. The van der Waals surface area contributed by atoms with E-state index in [1.54, 1.807) is 28.8 Å². The lowest BCUT2D eigenvalue weighted by Gasteiger charge is -2.11. The number of aromatic nitrogens is 1. The fourth-order valence-corrected chi connectivity index (χ4v) is 3.13. The molecule has 0 atom stereocenters. The number of nitrogens with zero attached hydrogens (tertiary/aromatic N) is 2. The first-order chi connectivity index (χ1) is 13.4. The smallest absolute Gasteiger partial charge is 0.406 e. The third-order valence-corrected chi connectivity index (χ3v) is 4.20. The highest BCUT2D eigenvalue weighted by molar-refractivity contribution is 5.95. The summed E-state index contributed by atoms with van der Waals surface area (Å²) in [5.41, 5.74) is 2.87. The monoisotopic (exact) mass is 391 g/mol. The maximum atomic E-state index is 12.6. The molecule has 0 amide bonds. The van der Waals surface area contributed by atoms with Gasteiger partial charge in [0.1, 0.15) is 11.8 Å². The van der Waals surface area contributed by atoms with Gasteiger partial charge < -0.3 is 14.6 Å². The highest BCUT2D eigenvalue weighted by Crippen LogP contribution is 2.36. The Kier molecular flexibility index (Phi) is 5.44. The van der Waals surface area contributed by atoms with Crippen molar-refractivity contribution in [3.8, 4) is 23.1 Å². The molecule has 1 heterocycles. The average Bonchev–Trinajstić information content (AvgIpc) is 2.98. The molecule has 2 N–H and O–H groups in total. The Hall–Kier alpha value is -3.22. The van der Waals surface area contributed by atoms with Gasteiger partial charge in [0.05, 0.1) is 16.8 Å². The van der Waals surface area contributed by atoms with Gasteiger partial charge in [-0.1, -0.05) is 12.1 Å². The molecular weight excluding hydrogens is 375 g/mol. The van der Waals surface area contributed by atoms with Crippen LogP contribution in [-0.2, 0) is 11.4 Å². The minimum Gasteiger partial charge on any atom is -0.406 e. The van der Waals surface area contributed by atoms with Gasteiger partial charge in [-0.15, -0.1) is 13.2 Å². The zero-order chi connectivity index (χ0) is 20.3. The SMILES string of the molecule is CCn1c(-c2ccc(NCOO)cc2)c(C#N)c2ccc(OC(F)(F)F)cc21. The summed E-state index contributed by atoms with van der Waals surface area (Å²) >= 11 is 0. The number of hydrogen-bond acceptors (Lipinski definition) is 5. The summed E-state index contributed by atoms with van der Waals surface area (Å²) in [5.74, 6) is -0.341. The van der Waals surface area contributed by atoms with E-state index in [0.29, 0.717) is 34.4 Å². The van der Waals surface area contributed by atoms with Gasteiger partial charge in [0.25, 0.3) is 0 Å². The first kappa shape index (κ1) is 19.5. The van der Waals surface area contributed by atoms with Crippen LogP contribution in [0.5, 0.6) is 5.75 Å². The molecule has 146 valence electrons. The molecule has 0 saturated carbocycles. The van der Waals surface area contributed by atoms with Gasteiger partial charge in [-0.3, -0.25) is 0 Å². The molecule has 28 heavy (non-hydrogen) atoms. The van der Waals surface area contributed by atoms with Crippen LogP contribution in [0.3, 0.4) is 0 Å². The van der Waals surface area contributed by atoms with E-state index in [1.807, 2.05) is 6.92 Å². The Labute approximate surface area is 158 Å². The zero-order valence-electron chi connectivity index (χ0n) is 14.7. The molecule has 0 saturated heterocycles. The molecule has 0 spiro atoms. The fraction of sp³-hybridized carbons (Fsp3) is 0.211. The molecule has 1 aromatic heterocycles. The minimum atomic E-state index is -4.79. The molecule has 0 radical (unpaired) electrons. The van der Waals surface area contributed by atoms with Crippen molar-refractivity contribution in [3.63, 3.8) is 0 Å². The maximum absolute atomic E-state index is 12.6. The highest BCUT2D eigenvalue weighted by atomic mass is 19.4. The van der Waals surface area contributed by atoms with Crippen molar-refractivity contribution in [3.05, 3.63) is 48.0 Å². The molecule has 0 fully saturated rings. The van der Waals surface area contributed by atoms with Gasteiger partial charge in [-0.2, -0.15) is 5.26 Å². The Bertz CT molecular complexity index is 1020. The van der Waals surface area contributed by atoms with E-state index in [4.69, 9.17) is 5.26 Å². The van der Waals surface area contributed by atoms with Crippen molar-refractivity contribution in [1.82, 2.24) is 4.57 Å². The number of rotatable bonds is 6. The lowest BCUT2D eigenvalue weighted by molar-refractivity contribution is -0.274. The molecule has 0 aliphatic carbocycles. The van der Waals surface area contributed by atoms with Crippen LogP contribution in [0.1, 0.15) is 12.5 Å². The summed E-state index contributed by atoms with van der Waals surface area (Å²) in [6, 6.07) is 13.1. The van der Waals surface area contributed by atoms with Gasteiger partial charge in [0.2, 0.25) is 0 Å². The van der Waals surface area contributed by atoms with E-state index < -0.39 is 6.36 Å². The molecule has 6 nitrogen and oxygen atoms in total. The topological polar surface area (TPSA) is 79.4 Å². The normalized spacial score (nSPS) is 11.4. The predicted molar refractivity (Wildman–Crippen MR) is 96.6 cm³/mol. The van der Waals surface area contributed by atoms with E-state index in [2.05, 4.69) is 21.0 Å². The van der Waals surface area contributed by atoms with Crippen LogP contribution in [0.4, 0.5) is 18.9 Å².